The summed E-state index contributed by atoms with van der Waals surface area (Å²) in [5.74, 6) is 1.72. The van der Waals surface area contributed by atoms with E-state index in [4.69, 9.17) is 4.42 Å². The van der Waals surface area contributed by atoms with E-state index < -0.39 is 0 Å². The van der Waals surface area contributed by atoms with Crippen molar-refractivity contribution in [2.75, 3.05) is 26.7 Å². The number of benzene rings is 1. The van der Waals surface area contributed by atoms with Gasteiger partial charge in [0.2, 0.25) is 5.89 Å². The van der Waals surface area contributed by atoms with Crippen LogP contribution in [0.3, 0.4) is 0 Å². The minimum Gasteiger partial charge on any atom is -0.445 e. The molecule has 2 aromatic rings. The molecule has 1 aromatic heterocycles. The topological polar surface area (TPSA) is 32.5 Å². The standard InChI is InChI=1S/C19H27N3O/c1-16-13-20-19(23-16)15-21(2)18-10-12-22(14-18)11-6-9-17-7-4-3-5-8-17/h3-5,7-8,13,18H,6,9-12,14-15H2,1-2H3. The predicted octanol–water partition coefficient (Wildman–Crippen LogP) is 3.12. The molecule has 1 unspecified atom stereocenters. The SMILES string of the molecule is Cc1cnc(CN(C)C2CCN(CCCc3ccccc3)C2)o1. The van der Waals surface area contributed by atoms with E-state index in [1.807, 2.05) is 6.92 Å². The highest BCUT2D eigenvalue weighted by Crippen LogP contribution is 2.17. The Kier molecular flexibility index (Phi) is 5.47. The molecule has 0 amide bonds. The number of hydrogen-bond acceptors (Lipinski definition) is 4. The number of aromatic nitrogens is 1. The Bertz CT molecular complexity index is 596. The number of likely N-dealkylation sites (tertiary alicyclic amines) is 1. The van der Waals surface area contributed by atoms with Crippen LogP contribution < -0.4 is 0 Å². The molecular weight excluding hydrogens is 286 g/mol. The van der Waals surface area contributed by atoms with E-state index in [1.165, 1.54) is 37.9 Å². The largest absolute Gasteiger partial charge is 0.445 e. The van der Waals surface area contributed by atoms with Crippen LogP contribution in [0.2, 0.25) is 0 Å². The summed E-state index contributed by atoms with van der Waals surface area (Å²) >= 11 is 0. The van der Waals surface area contributed by atoms with Crippen molar-refractivity contribution in [3.8, 4) is 0 Å². The van der Waals surface area contributed by atoms with Gasteiger partial charge in [-0.25, -0.2) is 4.98 Å². The lowest BCUT2D eigenvalue weighted by Gasteiger charge is -2.23. The summed E-state index contributed by atoms with van der Waals surface area (Å²) in [5, 5.41) is 0. The summed E-state index contributed by atoms with van der Waals surface area (Å²) in [7, 11) is 2.18. The van der Waals surface area contributed by atoms with Gasteiger partial charge in [-0.3, -0.25) is 4.90 Å². The highest BCUT2D eigenvalue weighted by molar-refractivity contribution is 5.14. The van der Waals surface area contributed by atoms with E-state index in [1.54, 1.807) is 6.20 Å². The Morgan fingerprint density at radius 2 is 2.13 bits per heavy atom. The lowest BCUT2D eigenvalue weighted by molar-refractivity contribution is 0.205. The van der Waals surface area contributed by atoms with Crippen LogP contribution in [-0.2, 0) is 13.0 Å². The number of nitrogens with zero attached hydrogens (tertiary/aromatic N) is 3. The first-order valence-electron chi connectivity index (χ1n) is 8.58. The molecule has 0 bridgehead atoms. The molecule has 4 nitrogen and oxygen atoms in total. The molecule has 0 N–H and O–H groups in total. The summed E-state index contributed by atoms with van der Waals surface area (Å²) in [6.07, 6.45) is 5.45. The monoisotopic (exact) mass is 313 g/mol. The zero-order valence-electron chi connectivity index (χ0n) is 14.2. The van der Waals surface area contributed by atoms with E-state index >= 15 is 0 Å². The van der Waals surface area contributed by atoms with Gasteiger partial charge >= 0.3 is 0 Å². The fraction of sp³-hybridized carbons (Fsp3) is 0.526. The van der Waals surface area contributed by atoms with Crippen molar-refractivity contribution in [3.05, 3.63) is 53.7 Å². The summed E-state index contributed by atoms with van der Waals surface area (Å²) in [6.45, 7) is 6.30. The number of hydrogen-bond donors (Lipinski definition) is 0. The summed E-state index contributed by atoms with van der Waals surface area (Å²) in [6, 6.07) is 11.4. The van der Waals surface area contributed by atoms with Crippen LogP contribution >= 0.6 is 0 Å². The Morgan fingerprint density at radius 1 is 1.30 bits per heavy atom. The third-order valence-electron chi connectivity index (χ3n) is 4.71. The molecule has 1 aliphatic heterocycles. The van der Waals surface area contributed by atoms with E-state index in [9.17, 15) is 0 Å². The van der Waals surface area contributed by atoms with Crippen molar-refractivity contribution in [1.29, 1.82) is 0 Å². The molecule has 124 valence electrons. The van der Waals surface area contributed by atoms with Crippen LogP contribution in [0.15, 0.2) is 40.9 Å². The molecule has 1 fully saturated rings. The average Bonchev–Trinajstić information content (AvgIpc) is 3.18. The fourth-order valence-electron chi connectivity index (χ4n) is 3.34. The van der Waals surface area contributed by atoms with Crippen molar-refractivity contribution in [1.82, 2.24) is 14.8 Å². The first-order valence-corrected chi connectivity index (χ1v) is 8.58. The average molecular weight is 313 g/mol. The number of oxazole rings is 1. The molecule has 0 radical (unpaired) electrons. The Labute approximate surface area is 139 Å². The van der Waals surface area contributed by atoms with Crippen molar-refractivity contribution in [2.45, 2.75) is 38.8 Å². The predicted molar refractivity (Wildman–Crippen MR) is 92.3 cm³/mol. The van der Waals surface area contributed by atoms with Gasteiger partial charge in [0, 0.05) is 12.6 Å². The highest BCUT2D eigenvalue weighted by Gasteiger charge is 2.25. The Hall–Kier alpha value is -1.65. The molecular formula is C19H27N3O. The van der Waals surface area contributed by atoms with Crippen molar-refractivity contribution in [3.63, 3.8) is 0 Å². The van der Waals surface area contributed by atoms with Gasteiger partial charge in [-0.05, 0) is 51.9 Å². The maximum Gasteiger partial charge on any atom is 0.208 e. The first kappa shape index (κ1) is 16.2. The van der Waals surface area contributed by atoms with E-state index in [-0.39, 0.29) is 0 Å². The Morgan fingerprint density at radius 3 is 2.87 bits per heavy atom. The van der Waals surface area contributed by atoms with Gasteiger partial charge in [-0.2, -0.15) is 0 Å². The van der Waals surface area contributed by atoms with Crippen molar-refractivity contribution >= 4 is 0 Å². The van der Waals surface area contributed by atoms with Crippen LogP contribution in [0.5, 0.6) is 0 Å². The van der Waals surface area contributed by atoms with Crippen LogP contribution in [0.1, 0.15) is 30.1 Å². The summed E-state index contributed by atoms with van der Waals surface area (Å²) < 4.78 is 5.59. The summed E-state index contributed by atoms with van der Waals surface area (Å²) in [4.78, 5) is 9.27. The van der Waals surface area contributed by atoms with Crippen LogP contribution in [0, 0.1) is 6.92 Å². The summed E-state index contributed by atoms with van der Waals surface area (Å²) in [5.41, 5.74) is 1.44. The quantitative estimate of drug-likeness (QED) is 0.786. The second kappa shape index (κ2) is 7.75. The zero-order valence-corrected chi connectivity index (χ0v) is 14.2. The normalized spacial score (nSPS) is 18.8. The maximum atomic E-state index is 5.59. The minimum atomic E-state index is 0.610. The molecule has 0 saturated carbocycles. The highest BCUT2D eigenvalue weighted by atomic mass is 16.4. The van der Waals surface area contributed by atoms with Gasteiger partial charge in [-0.1, -0.05) is 30.3 Å². The molecule has 1 aliphatic rings. The second-order valence-electron chi connectivity index (χ2n) is 6.61. The molecule has 4 heteroatoms. The van der Waals surface area contributed by atoms with Crippen LogP contribution in [-0.4, -0.2) is 47.5 Å². The smallest absolute Gasteiger partial charge is 0.208 e. The maximum absolute atomic E-state index is 5.59. The van der Waals surface area contributed by atoms with Gasteiger partial charge in [-0.15, -0.1) is 0 Å². The molecule has 1 saturated heterocycles. The third kappa shape index (κ3) is 4.66. The number of aryl methyl sites for hydroxylation is 2. The molecule has 1 aromatic carbocycles. The molecule has 2 heterocycles. The number of likely N-dealkylation sites (N-methyl/N-ethyl adjacent to an activating group) is 1. The van der Waals surface area contributed by atoms with Gasteiger partial charge in [0.1, 0.15) is 5.76 Å². The molecule has 3 rings (SSSR count). The molecule has 23 heavy (non-hydrogen) atoms. The second-order valence-corrected chi connectivity index (χ2v) is 6.61. The van der Waals surface area contributed by atoms with Gasteiger partial charge < -0.3 is 9.32 Å². The first-order chi connectivity index (χ1) is 11.2. The van der Waals surface area contributed by atoms with Gasteiger partial charge in [0.25, 0.3) is 0 Å². The molecule has 0 aliphatic carbocycles. The number of rotatable bonds is 7. The molecule has 0 spiro atoms. The molecule has 1 atom stereocenters. The van der Waals surface area contributed by atoms with E-state index in [0.29, 0.717) is 6.04 Å². The van der Waals surface area contributed by atoms with Crippen molar-refractivity contribution in [2.24, 2.45) is 0 Å². The lowest BCUT2D eigenvalue weighted by atomic mass is 10.1. The van der Waals surface area contributed by atoms with E-state index in [2.05, 4.69) is 52.2 Å². The van der Waals surface area contributed by atoms with Gasteiger partial charge in [0.15, 0.2) is 0 Å². The lowest BCUT2D eigenvalue weighted by Crippen LogP contribution is -2.34. The zero-order chi connectivity index (χ0) is 16.1. The minimum absolute atomic E-state index is 0.610. The van der Waals surface area contributed by atoms with Crippen LogP contribution in [0.25, 0.3) is 0 Å². The van der Waals surface area contributed by atoms with Gasteiger partial charge in [0.05, 0.1) is 12.7 Å². The third-order valence-corrected chi connectivity index (χ3v) is 4.71. The van der Waals surface area contributed by atoms with E-state index in [0.717, 1.165) is 24.7 Å². The Balaban J connectivity index is 1.39. The van der Waals surface area contributed by atoms with Crippen LogP contribution in [0.4, 0.5) is 0 Å². The van der Waals surface area contributed by atoms with Crippen molar-refractivity contribution < 1.29 is 4.42 Å². The fourth-order valence-corrected chi connectivity index (χ4v) is 3.34.